The number of hydrogen-bond donors (Lipinski definition) is 0. The second-order valence-electron chi connectivity index (χ2n) is 7.45. The summed E-state index contributed by atoms with van der Waals surface area (Å²) >= 11 is 0. The largest absolute Gasteiger partial charge is 0.497 e. The summed E-state index contributed by atoms with van der Waals surface area (Å²) < 4.78 is 16.1. The van der Waals surface area contributed by atoms with E-state index in [-0.39, 0.29) is 0 Å². The van der Waals surface area contributed by atoms with Crippen molar-refractivity contribution in [2.45, 2.75) is 0 Å². The van der Waals surface area contributed by atoms with Gasteiger partial charge in [0.25, 0.3) is 0 Å². The first-order valence-corrected chi connectivity index (χ1v) is 10.9. The van der Waals surface area contributed by atoms with Crippen molar-refractivity contribution in [3.63, 3.8) is 0 Å². The highest BCUT2D eigenvalue weighted by Gasteiger charge is 2.13. The Kier molecular flexibility index (Phi) is 7.66. The molecule has 0 heterocycles. The number of carbonyl (C=O) groups excluding carboxylic acids is 1. The van der Waals surface area contributed by atoms with E-state index in [2.05, 4.69) is 10.2 Å². The van der Waals surface area contributed by atoms with Gasteiger partial charge in [0.05, 0.1) is 26.0 Å². The van der Waals surface area contributed by atoms with Gasteiger partial charge in [0.2, 0.25) is 0 Å². The van der Waals surface area contributed by atoms with Crippen LogP contribution in [0.15, 0.2) is 113 Å². The Hall–Kier alpha value is -4.71. The fourth-order valence-electron chi connectivity index (χ4n) is 3.36. The Balaban J connectivity index is 1.54. The minimum absolute atomic E-state index is 0.309. The molecule has 4 aromatic rings. The summed E-state index contributed by atoms with van der Waals surface area (Å²) in [6.07, 6.45) is 1.63. The summed E-state index contributed by atoms with van der Waals surface area (Å²) in [5.74, 6) is 0.884. The number of benzene rings is 4. The molecule has 0 aliphatic rings. The fourth-order valence-corrected chi connectivity index (χ4v) is 3.36. The second kappa shape index (κ2) is 11.4. The van der Waals surface area contributed by atoms with Crippen LogP contribution in [-0.2, 0) is 0 Å². The van der Waals surface area contributed by atoms with Crippen molar-refractivity contribution in [1.29, 1.82) is 0 Å². The molecular weight excluding hydrogens is 440 g/mol. The van der Waals surface area contributed by atoms with Crippen LogP contribution in [0.5, 0.6) is 17.2 Å². The third-order valence-corrected chi connectivity index (χ3v) is 5.18. The zero-order chi connectivity index (χ0) is 24.5. The van der Waals surface area contributed by atoms with Gasteiger partial charge in [-0.15, -0.1) is 5.10 Å². The highest BCUT2D eigenvalue weighted by molar-refractivity contribution is 6.13. The lowest BCUT2D eigenvalue weighted by Crippen LogP contribution is -2.09. The van der Waals surface area contributed by atoms with Crippen LogP contribution < -0.4 is 14.2 Å². The molecule has 0 spiro atoms. The first-order valence-electron chi connectivity index (χ1n) is 10.9. The molecule has 0 saturated heterocycles. The zero-order valence-corrected chi connectivity index (χ0v) is 19.4. The van der Waals surface area contributed by atoms with E-state index >= 15 is 0 Å². The maximum Gasteiger partial charge on any atom is 0.343 e. The van der Waals surface area contributed by atoms with Crippen LogP contribution in [0.4, 0.5) is 0 Å². The van der Waals surface area contributed by atoms with Gasteiger partial charge in [-0.25, -0.2) is 4.79 Å². The Labute approximate surface area is 204 Å². The van der Waals surface area contributed by atoms with Crippen LogP contribution in [0.3, 0.4) is 0 Å². The molecule has 0 N–H and O–H groups in total. The predicted molar refractivity (Wildman–Crippen MR) is 137 cm³/mol. The Morgan fingerprint density at radius 1 is 0.686 bits per heavy atom. The van der Waals surface area contributed by atoms with E-state index in [0.717, 1.165) is 22.4 Å². The summed E-state index contributed by atoms with van der Waals surface area (Å²) in [6.45, 7) is 0. The number of hydrogen-bond acceptors (Lipinski definition) is 6. The minimum atomic E-state index is -0.493. The van der Waals surface area contributed by atoms with Crippen LogP contribution >= 0.6 is 0 Å². The first kappa shape index (κ1) is 23.4. The molecule has 4 aromatic carbocycles. The third kappa shape index (κ3) is 6.00. The molecule has 0 saturated carbocycles. The maximum absolute atomic E-state index is 12.5. The molecule has 0 aromatic heterocycles. The van der Waals surface area contributed by atoms with Crippen LogP contribution in [0.2, 0.25) is 0 Å². The number of rotatable bonds is 8. The molecule has 0 radical (unpaired) electrons. The summed E-state index contributed by atoms with van der Waals surface area (Å²) in [5.41, 5.74) is 3.85. The van der Waals surface area contributed by atoms with E-state index in [1.54, 1.807) is 55.8 Å². The third-order valence-electron chi connectivity index (χ3n) is 5.18. The SMILES string of the molecule is COc1ccc(C(=O)Oc2ccc(C=NN=C(c3ccccc3)c3ccccc3)cc2OC)cc1. The van der Waals surface area contributed by atoms with Crippen LogP contribution in [-0.4, -0.2) is 32.1 Å². The van der Waals surface area contributed by atoms with Gasteiger partial charge in [0.1, 0.15) is 11.5 Å². The topological polar surface area (TPSA) is 69.5 Å². The number of nitrogens with zero attached hydrogens (tertiary/aromatic N) is 2. The van der Waals surface area contributed by atoms with Gasteiger partial charge in [-0.05, 0) is 48.0 Å². The zero-order valence-electron chi connectivity index (χ0n) is 19.4. The fraction of sp³-hybridized carbons (Fsp3) is 0.0690. The standard InChI is InChI=1S/C29H24N2O4/c1-33-25-16-14-24(15-17-25)29(32)35-26-18-13-21(19-27(26)34-2)20-30-31-28(22-9-5-3-6-10-22)23-11-7-4-8-12-23/h3-20H,1-2H3. The van der Waals surface area contributed by atoms with Crippen LogP contribution in [0.25, 0.3) is 0 Å². The number of methoxy groups -OCH3 is 2. The molecule has 0 fully saturated rings. The number of ether oxygens (including phenoxy) is 3. The lowest BCUT2D eigenvalue weighted by Gasteiger charge is -2.10. The molecule has 0 atom stereocenters. The van der Waals surface area contributed by atoms with E-state index in [9.17, 15) is 4.79 Å². The Bertz CT molecular complexity index is 1290. The molecule has 174 valence electrons. The molecule has 6 nitrogen and oxygen atoms in total. The lowest BCUT2D eigenvalue weighted by atomic mass is 10.0. The quantitative estimate of drug-likeness (QED) is 0.143. The van der Waals surface area contributed by atoms with Gasteiger partial charge in [-0.1, -0.05) is 60.7 Å². The minimum Gasteiger partial charge on any atom is -0.497 e. The molecule has 0 aliphatic carbocycles. The molecule has 0 unspecified atom stereocenters. The molecular formula is C29H24N2O4. The van der Waals surface area contributed by atoms with Crippen molar-refractivity contribution in [3.05, 3.63) is 125 Å². The number of esters is 1. The summed E-state index contributed by atoms with van der Waals surface area (Å²) in [6, 6.07) is 31.7. The van der Waals surface area contributed by atoms with Crippen molar-refractivity contribution >= 4 is 17.9 Å². The highest BCUT2D eigenvalue weighted by Crippen LogP contribution is 2.28. The lowest BCUT2D eigenvalue weighted by molar-refractivity contribution is 0.0729. The van der Waals surface area contributed by atoms with Crippen LogP contribution in [0.1, 0.15) is 27.0 Å². The van der Waals surface area contributed by atoms with Crippen molar-refractivity contribution < 1.29 is 19.0 Å². The van der Waals surface area contributed by atoms with Gasteiger partial charge in [-0.3, -0.25) is 0 Å². The molecule has 4 rings (SSSR count). The Morgan fingerprint density at radius 3 is 1.89 bits per heavy atom. The summed E-state index contributed by atoms with van der Waals surface area (Å²) in [7, 11) is 3.08. The van der Waals surface area contributed by atoms with E-state index in [1.165, 1.54) is 7.11 Å². The molecule has 6 heteroatoms. The van der Waals surface area contributed by atoms with Gasteiger partial charge in [-0.2, -0.15) is 5.10 Å². The molecule has 0 bridgehead atoms. The van der Waals surface area contributed by atoms with E-state index in [1.807, 2.05) is 60.7 Å². The monoisotopic (exact) mass is 464 g/mol. The normalized spacial score (nSPS) is 10.6. The Morgan fingerprint density at radius 2 is 1.31 bits per heavy atom. The average molecular weight is 465 g/mol. The van der Waals surface area contributed by atoms with Crippen molar-refractivity contribution in [1.82, 2.24) is 0 Å². The maximum atomic E-state index is 12.5. The van der Waals surface area contributed by atoms with E-state index in [4.69, 9.17) is 14.2 Å². The summed E-state index contributed by atoms with van der Waals surface area (Å²) in [5, 5.41) is 8.80. The van der Waals surface area contributed by atoms with Crippen molar-refractivity contribution in [2.24, 2.45) is 10.2 Å². The van der Waals surface area contributed by atoms with Gasteiger partial charge >= 0.3 is 5.97 Å². The summed E-state index contributed by atoms with van der Waals surface area (Å²) in [4.78, 5) is 12.5. The second-order valence-corrected chi connectivity index (χ2v) is 7.45. The van der Waals surface area contributed by atoms with Crippen LogP contribution in [0, 0.1) is 0 Å². The predicted octanol–water partition coefficient (Wildman–Crippen LogP) is 5.79. The van der Waals surface area contributed by atoms with Gasteiger partial charge < -0.3 is 14.2 Å². The molecule has 0 amide bonds. The van der Waals surface area contributed by atoms with E-state index < -0.39 is 5.97 Å². The highest BCUT2D eigenvalue weighted by atomic mass is 16.6. The number of carbonyl (C=O) groups is 1. The van der Waals surface area contributed by atoms with E-state index in [0.29, 0.717) is 22.8 Å². The van der Waals surface area contributed by atoms with Crippen molar-refractivity contribution in [3.8, 4) is 17.2 Å². The molecule has 35 heavy (non-hydrogen) atoms. The average Bonchev–Trinajstić information content (AvgIpc) is 2.92. The smallest absolute Gasteiger partial charge is 0.343 e. The van der Waals surface area contributed by atoms with Gasteiger partial charge in [0, 0.05) is 11.1 Å². The van der Waals surface area contributed by atoms with Crippen molar-refractivity contribution in [2.75, 3.05) is 14.2 Å². The molecule has 0 aliphatic heterocycles. The van der Waals surface area contributed by atoms with Gasteiger partial charge in [0.15, 0.2) is 11.5 Å². The first-order chi connectivity index (χ1) is 17.2.